The summed E-state index contributed by atoms with van der Waals surface area (Å²) in [6.45, 7) is 0.171. The number of aliphatic hydroxyl groups excluding tert-OH is 1. The molecule has 0 spiro atoms. The molecule has 1 amide bonds. The molecular formula is C24H24N2O8. The number of rotatable bonds is 10. The van der Waals surface area contributed by atoms with Crippen LogP contribution in [0.2, 0.25) is 0 Å². The third-order valence-corrected chi connectivity index (χ3v) is 5.61. The quantitative estimate of drug-likeness (QED) is 0.134. The Bertz CT molecular complexity index is 1140. The van der Waals surface area contributed by atoms with Crippen LogP contribution in [-0.2, 0) is 14.4 Å². The molecule has 1 fully saturated rings. The molecule has 0 bridgehead atoms. The van der Waals surface area contributed by atoms with Crippen molar-refractivity contribution in [2.24, 2.45) is 0 Å². The van der Waals surface area contributed by atoms with Crippen molar-refractivity contribution in [2.75, 3.05) is 13.7 Å². The number of hydrogen-bond acceptors (Lipinski definition) is 7. The van der Waals surface area contributed by atoms with Crippen molar-refractivity contribution >= 4 is 29.1 Å². The van der Waals surface area contributed by atoms with Crippen LogP contribution in [0.1, 0.15) is 42.9 Å². The van der Waals surface area contributed by atoms with E-state index in [1.165, 1.54) is 36.3 Å². The highest BCUT2D eigenvalue weighted by atomic mass is 16.6. The molecule has 178 valence electrons. The summed E-state index contributed by atoms with van der Waals surface area (Å²) in [7, 11) is 1.45. The number of carboxylic acid groups (broad SMARTS) is 1. The summed E-state index contributed by atoms with van der Waals surface area (Å²) >= 11 is 0. The fourth-order valence-corrected chi connectivity index (χ4v) is 3.96. The maximum atomic E-state index is 13.0. The molecule has 0 aromatic heterocycles. The highest BCUT2D eigenvalue weighted by Gasteiger charge is 2.46. The normalized spacial score (nSPS) is 17.1. The van der Waals surface area contributed by atoms with E-state index in [1.54, 1.807) is 24.3 Å². The molecule has 3 rings (SSSR count). The van der Waals surface area contributed by atoms with Crippen molar-refractivity contribution in [3.05, 3.63) is 75.3 Å². The van der Waals surface area contributed by atoms with Crippen LogP contribution in [0.3, 0.4) is 0 Å². The summed E-state index contributed by atoms with van der Waals surface area (Å²) in [4.78, 5) is 48.4. The number of nitrogens with zero attached hydrogens (tertiary/aromatic N) is 2. The first-order chi connectivity index (χ1) is 16.3. The number of carboxylic acids is 1. The molecule has 34 heavy (non-hydrogen) atoms. The molecule has 1 atom stereocenters. The van der Waals surface area contributed by atoms with Crippen molar-refractivity contribution in [2.45, 2.75) is 31.7 Å². The zero-order valence-corrected chi connectivity index (χ0v) is 18.5. The van der Waals surface area contributed by atoms with E-state index in [9.17, 15) is 29.6 Å². The minimum absolute atomic E-state index is 0.00883. The molecule has 1 unspecified atom stereocenters. The third kappa shape index (κ3) is 5.06. The average molecular weight is 468 g/mol. The Kier molecular flexibility index (Phi) is 7.62. The first-order valence-electron chi connectivity index (χ1n) is 10.6. The fraction of sp³-hybridized carbons (Fsp3) is 0.292. The minimum Gasteiger partial charge on any atom is -0.507 e. The molecule has 2 N–H and O–H groups in total. The predicted octanol–water partition coefficient (Wildman–Crippen LogP) is 3.67. The lowest BCUT2D eigenvalue weighted by Gasteiger charge is -2.26. The van der Waals surface area contributed by atoms with Crippen molar-refractivity contribution < 1.29 is 34.3 Å². The summed E-state index contributed by atoms with van der Waals surface area (Å²) in [5.74, 6) is -2.61. The fourth-order valence-electron chi connectivity index (χ4n) is 3.96. The highest BCUT2D eigenvalue weighted by Crippen LogP contribution is 2.42. The molecular weight excluding hydrogens is 444 g/mol. The van der Waals surface area contributed by atoms with Gasteiger partial charge in [-0.15, -0.1) is 0 Å². The largest absolute Gasteiger partial charge is 0.507 e. The number of methoxy groups -OCH3 is 1. The van der Waals surface area contributed by atoms with Crippen LogP contribution in [0.5, 0.6) is 5.75 Å². The molecule has 2 aromatic rings. The van der Waals surface area contributed by atoms with Crippen LogP contribution < -0.4 is 4.74 Å². The molecule has 0 aliphatic carbocycles. The molecule has 10 heteroatoms. The number of Topliss-reactive ketones (excluding diaryl/α,β-unsaturated/α-hetero) is 1. The summed E-state index contributed by atoms with van der Waals surface area (Å²) in [6.07, 6.45) is 1.44. The number of unbranched alkanes of at least 4 members (excludes halogenated alkanes) is 2. The van der Waals surface area contributed by atoms with Gasteiger partial charge in [-0.1, -0.05) is 24.6 Å². The van der Waals surface area contributed by atoms with Crippen LogP contribution in [0.25, 0.3) is 5.76 Å². The maximum absolute atomic E-state index is 13.0. The number of benzene rings is 2. The number of likely N-dealkylation sites (tertiary alicyclic amines) is 1. The number of nitro benzene ring substituents is 1. The summed E-state index contributed by atoms with van der Waals surface area (Å²) < 4.78 is 5.43. The molecule has 1 heterocycles. The Balaban J connectivity index is 2.03. The SMILES string of the molecule is COc1ccccc1C1/C(=C(/O)c2ccc([N+](=O)[O-])cc2)C(=O)C(=O)N1CCCCCC(=O)O. The van der Waals surface area contributed by atoms with Crippen molar-refractivity contribution in [3.63, 3.8) is 0 Å². The Morgan fingerprint density at radius 1 is 1.06 bits per heavy atom. The second-order valence-electron chi connectivity index (χ2n) is 7.74. The molecule has 2 aromatic carbocycles. The Hall–Kier alpha value is -4.21. The standard InChI is InChI=1S/C24H24N2O8/c1-34-18-8-5-4-7-17(18)21-20(22(29)15-10-12-16(13-11-15)26(32)33)23(30)24(31)25(21)14-6-2-3-9-19(27)28/h4-5,7-8,10-13,21,29H,2-3,6,9,14H2,1H3,(H,27,28)/b22-20-. The summed E-state index contributed by atoms with van der Waals surface area (Å²) in [6, 6.07) is 10.9. The number of carbonyl (C=O) groups is 3. The Labute approximate surface area is 195 Å². The summed E-state index contributed by atoms with van der Waals surface area (Å²) in [5, 5.41) is 30.8. The Morgan fingerprint density at radius 3 is 2.35 bits per heavy atom. The van der Waals surface area contributed by atoms with Crippen molar-refractivity contribution in [1.82, 2.24) is 4.90 Å². The monoisotopic (exact) mass is 468 g/mol. The van der Waals surface area contributed by atoms with Crippen LogP contribution in [0.4, 0.5) is 5.69 Å². The van der Waals surface area contributed by atoms with E-state index in [0.29, 0.717) is 30.6 Å². The van der Waals surface area contributed by atoms with Crippen molar-refractivity contribution in [3.8, 4) is 5.75 Å². The van der Waals surface area contributed by atoms with Gasteiger partial charge in [0.2, 0.25) is 0 Å². The smallest absolute Gasteiger partial charge is 0.303 e. The second kappa shape index (κ2) is 10.6. The van der Waals surface area contributed by atoms with Gasteiger partial charge >= 0.3 is 5.97 Å². The second-order valence-corrected chi connectivity index (χ2v) is 7.74. The van der Waals surface area contributed by atoms with E-state index >= 15 is 0 Å². The van der Waals surface area contributed by atoms with Gasteiger partial charge in [-0.25, -0.2) is 0 Å². The number of non-ortho nitro benzene ring substituents is 1. The number of aliphatic carboxylic acids is 1. The number of aliphatic hydroxyl groups is 1. The highest BCUT2D eigenvalue weighted by molar-refractivity contribution is 6.46. The van der Waals surface area contributed by atoms with Gasteiger partial charge in [0.25, 0.3) is 17.4 Å². The number of hydrogen-bond donors (Lipinski definition) is 2. The molecule has 1 aliphatic rings. The lowest BCUT2D eigenvalue weighted by molar-refractivity contribution is -0.384. The van der Waals surface area contributed by atoms with Gasteiger partial charge in [0.15, 0.2) is 0 Å². The van der Waals surface area contributed by atoms with E-state index in [0.717, 1.165) is 0 Å². The van der Waals surface area contributed by atoms with E-state index in [-0.39, 0.29) is 29.8 Å². The lowest BCUT2D eigenvalue weighted by atomic mass is 9.94. The number of para-hydroxylation sites is 1. The Morgan fingerprint density at radius 2 is 1.74 bits per heavy atom. The zero-order valence-electron chi connectivity index (χ0n) is 18.5. The number of ketones is 1. The lowest BCUT2D eigenvalue weighted by Crippen LogP contribution is -2.31. The molecule has 0 radical (unpaired) electrons. The van der Waals surface area contributed by atoms with Crippen LogP contribution in [0, 0.1) is 10.1 Å². The van der Waals surface area contributed by atoms with Crippen molar-refractivity contribution in [1.29, 1.82) is 0 Å². The van der Waals surface area contributed by atoms with Gasteiger partial charge in [-0.2, -0.15) is 0 Å². The average Bonchev–Trinajstić information content (AvgIpc) is 3.08. The zero-order chi connectivity index (χ0) is 24.8. The molecule has 0 saturated carbocycles. The maximum Gasteiger partial charge on any atom is 0.303 e. The first kappa shape index (κ1) is 24.4. The van der Waals surface area contributed by atoms with Gasteiger partial charge < -0.3 is 19.8 Å². The van der Waals surface area contributed by atoms with Crippen LogP contribution in [-0.4, -0.2) is 51.4 Å². The van der Waals surface area contributed by atoms with Crippen LogP contribution in [0.15, 0.2) is 54.1 Å². The first-order valence-corrected chi connectivity index (χ1v) is 10.6. The van der Waals surface area contributed by atoms with Gasteiger partial charge in [-0.05, 0) is 31.0 Å². The van der Waals surface area contributed by atoms with Gasteiger partial charge in [-0.3, -0.25) is 24.5 Å². The van der Waals surface area contributed by atoms with E-state index in [1.807, 2.05) is 0 Å². The molecule has 1 saturated heterocycles. The van der Waals surface area contributed by atoms with E-state index in [2.05, 4.69) is 0 Å². The van der Waals surface area contributed by atoms with Crippen LogP contribution >= 0.6 is 0 Å². The van der Waals surface area contributed by atoms with E-state index < -0.39 is 34.4 Å². The third-order valence-electron chi connectivity index (χ3n) is 5.61. The molecule has 1 aliphatic heterocycles. The number of carbonyl (C=O) groups excluding carboxylic acids is 2. The number of amides is 1. The van der Waals surface area contributed by atoms with E-state index in [4.69, 9.17) is 9.84 Å². The number of ether oxygens (including phenoxy) is 1. The van der Waals surface area contributed by atoms with Gasteiger partial charge in [0.05, 0.1) is 23.6 Å². The summed E-state index contributed by atoms with van der Waals surface area (Å²) in [5.41, 5.74) is 0.330. The topological polar surface area (TPSA) is 147 Å². The van der Waals surface area contributed by atoms with Gasteiger partial charge in [0, 0.05) is 36.2 Å². The van der Waals surface area contributed by atoms with Gasteiger partial charge in [0.1, 0.15) is 11.5 Å². The molecule has 10 nitrogen and oxygen atoms in total. The predicted molar refractivity (Wildman–Crippen MR) is 121 cm³/mol. The number of nitro groups is 1. The minimum atomic E-state index is -0.939.